The van der Waals surface area contributed by atoms with E-state index in [-0.39, 0.29) is 6.10 Å². The van der Waals surface area contributed by atoms with Crippen molar-refractivity contribution in [2.45, 2.75) is 25.4 Å². The van der Waals surface area contributed by atoms with Crippen molar-refractivity contribution in [2.75, 3.05) is 26.2 Å². The number of hydrogen-bond donors (Lipinski definition) is 0. The summed E-state index contributed by atoms with van der Waals surface area (Å²) in [6.07, 6.45) is 1.15. The molecule has 0 amide bonds. The van der Waals surface area contributed by atoms with Gasteiger partial charge in [-0.2, -0.15) is 0 Å². The molecule has 3 aromatic carbocycles. The van der Waals surface area contributed by atoms with Gasteiger partial charge in [0.15, 0.2) is 6.10 Å². The third-order valence-electron chi connectivity index (χ3n) is 7.15. The van der Waals surface area contributed by atoms with Gasteiger partial charge in [0, 0.05) is 35.1 Å². The maximum absolute atomic E-state index is 6.66. The zero-order valence-corrected chi connectivity index (χ0v) is 17.4. The zero-order valence-electron chi connectivity index (χ0n) is 17.4. The Morgan fingerprint density at radius 3 is 2.40 bits per heavy atom. The third-order valence-corrected chi connectivity index (χ3v) is 7.15. The van der Waals surface area contributed by atoms with E-state index in [4.69, 9.17) is 9.47 Å². The molecule has 6 rings (SSSR count). The molecule has 2 heterocycles. The Hall–Kier alpha value is -2.78. The highest BCUT2D eigenvalue weighted by atomic mass is 16.5. The van der Waals surface area contributed by atoms with Gasteiger partial charge in [-0.15, -0.1) is 0 Å². The fraction of sp³-hybridized carbons (Fsp3) is 0.333. The summed E-state index contributed by atoms with van der Waals surface area (Å²) in [6.45, 7) is 6.53. The van der Waals surface area contributed by atoms with Crippen LogP contribution in [-0.2, 0) is 0 Å². The van der Waals surface area contributed by atoms with Gasteiger partial charge in [0.1, 0.15) is 11.5 Å². The number of ether oxygens (including phenoxy) is 2. The molecule has 1 fully saturated rings. The predicted molar refractivity (Wildman–Crippen MR) is 119 cm³/mol. The highest BCUT2D eigenvalue weighted by Gasteiger charge is 2.36. The van der Waals surface area contributed by atoms with Crippen LogP contribution in [0.3, 0.4) is 0 Å². The number of likely N-dealkylation sites (tertiary alicyclic amines) is 1. The summed E-state index contributed by atoms with van der Waals surface area (Å²) >= 11 is 0. The van der Waals surface area contributed by atoms with Gasteiger partial charge in [0.2, 0.25) is 0 Å². The van der Waals surface area contributed by atoms with Gasteiger partial charge in [0.05, 0.1) is 6.61 Å². The molecule has 30 heavy (non-hydrogen) atoms. The van der Waals surface area contributed by atoms with Crippen LogP contribution in [0.1, 0.15) is 42.1 Å². The molecule has 3 aliphatic rings. The number of benzene rings is 3. The molecule has 1 aliphatic carbocycles. The van der Waals surface area contributed by atoms with Crippen LogP contribution in [0.25, 0.3) is 11.1 Å². The van der Waals surface area contributed by atoms with Crippen molar-refractivity contribution in [1.29, 1.82) is 0 Å². The van der Waals surface area contributed by atoms with E-state index in [9.17, 15) is 0 Å². The van der Waals surface area contributed by atoms with Crippen molar-refractivity contribution in [2.24, 2.45) is 5.92 Å². The average molecular weight is 398 g/mol. The molecule has 3 nitrogen and oxygen atoms in total. The Bertz CT molecular complexity index is 1050. The molecule has 0 N–H and O–H groups in total. The zero-order chi connectivity index (χ0) is 20.1. The van der Waals surface area contributed by atoms with Crippen LogP contribution >= 0.6 is 0 Å². The molecule has 0 radical (unpaired) electrons. The molecule has 0 aromatic heterocycles. The van der Waals surface area contributed by atoms with Gasteiger partial charge in [-0.3, -0.25) is 0 Å². The molecule has 2 aliphatic heterocycles. The lowest BCUT2D eigenvalue weighted by Gasteiger charge is -2.41. The van der Waals surface area contributed by atoms with Crippen LogP contribution < -0.4 is 9.47 Å². The summed E-state index contributed by atoms with van der Waals surface area (Å²) in [5.74, 6) is 3.12. The first-order chi connectivity index (χ1) is 14.8. The first kappa shape index (κ1) is 18.0. The maximum Gasteiger partial charge on any atom is 0.150 e. The van der Waals surface area contributed by atoms with Crippen molar-refractivity contribution >= 4 is 0 Å². The normalized spacial score (nSPS) is 22.4. The fourth-order valence-electron chi connectivity index (χ4n) is 5.50. The summed E-state index contributed by atoms with van der Waals surface area (Å²) in [4.78, 5) is 2.56. The number of fused-ring (bicyclic) bond motifs is 6. The Labute approximate surface area is 178 Å². The molecule has 152 valence electrons. The number of piperidine rings is 1. The number of nitrogens with zero attached hydrogens (tertiary/aromatic N) is 1. The molecule has 3 heteroatoms. The monoisotopic (exact) mass is 397 g/mol. The molecule has 3 aromatic rings. The van der Waals surface area contributed by atoms with Crippen molar-refractivity contribution in [3.8, 4) is 22.6 Å². The third kappa shape index (κ3) is 2.84. The van der Waals surface area contributed by atoms with Crippen LogP contribution in [0, 0.1) is 5.92 Å². The Morgan fingerprint density at radius 2 is 1.67 bits per heavy atom. The van der Waals surface area contributed by atoms with E-state index in [0.29, 0.717) is 11.8 Å². The largest absolute Gasteiger partial charge is 0.493 e. The minimum Gasteiger partial charge on any atom is -0.493 e. The maximum atomic E-state index is 6.66. The van der Waals surface area contributed by atoms with E-state index in [0.717, 1.165) is 31.2 Å². The lowest BCUT2D eigenvalue weighted by Crippen LogP contribution is -2.42. The van der Waals surface area contributed by atoms with E-state index in [1.54, 1.807) is 0 Å². The molecule has 1 saturated heterocycles. The first-order valence-electron chi connectivity index (χ1n) is 11.2. The molecule has 0 unspecified atom stereocenters. The Balaban J connectivity index is 1.35. The summed E-state index contributed by atoms with van der Waals surface area (Å²) in [5.41, 5.74) is 6.39. The summed E-state index contributed by atoms with van der Waals surface area (Å²) in [6, 6.07) is 23.6. The molecule has 0 saturated carbocycles. The van der Waals surface area contributed by atoms with Gasteiger partial charge in [0.25, 0.3) is 0 Å². The summed E-state index contributed by atoms with van der Waals surface area (Å²) < 4.78 is 12.8. The SMILES string of the molecule is CCN1CC[C@H]2COc3ccc(OC4c5ccccc5-c5ccccc54)cc3[C@H]2C1. The fourth-order valence-corrected chi connectivity index (χ4v) is 5.50. The highest BCUT2D eigenvalue weighted by molar-refractivity contribution is 5.78. The first-order valence-corrected chi connectivity index (χ1v) is 11.2. The minimum absolute atomic E-state index is 0.0609. The van der Waals surface area contributed by atoms with Crippen molar-refractivity contribution in [1.82, 2.24) is 4.90 Å². The number of likely N-dealkylation sites (N-methyl/N-ethyl adjacent to an activating group) is 1. The molecule has 0 bridgehead atoms. The molecular weight excluding hydrogens is 370 g/mol. The quantitative estimate of drug-likeness (QED) is 0.570. The van der Waals surface area contributed by atoms with E-state index in [2.05, 4.69) is 78.6 Å². The van der Waals surface area contributed by atoms with E-state index < -0.39 is 0 Å². The van der Waals surface area contributed by atoms with Crippen molar-refractivity contribution < 1.29 is 9.47 Å². The predicted octanol–water partition coefficient (Wildman–Crippen LogP) is 5.65. The van der Waals surface area contributed by atoms with Gasteiger partial charge in [-0.05, 0) is 48.8 Å². The second kappa shape index (κ2) is 7.17. The second-order valence-corrected chi connectivity index (χ2v) is 8.73. The molecule has 2 atom stereocenters. The van der Waals surface area contributed by atoms with Crippen LogP contribution in [-0.4, -0.2) is 31.1 Å². The topological polar surface area (TPSA) is 21.7 Å². The smallest absolute Gasteiger partial charge is 0.150 e. The summed E-state index contributed by atoms with van der Waals surface area (Å²) in [5, 5.41) is 0. The number of hydrogen-bond acceptors (Lipinski definition) is 3. The van der Waals surface area contributed by atoms with Crippen LogP contribution in [0.4, 0.5) is 0 Å². The lowest BCUT2D eigenvalue weighted by molar-refractivity contribution is 0.102. The minimum atomic E-state index is -0.0609. The van der Waals surface area contributed by atoms with Gasteiger partial charge < -0.3 is 14.4 Å². The van der Waals surface area contributed by atoms with Crippen LogP contribution in [0.2, 0.25) is 0 Å². The van der Waals surface area contributed by atoms with Gasteiger partial charge in [-0.25, -0.2) is 0 Å². The molecule has 0 spiro atoms. The van der Waals surface area contributed by atoms with Crippen molar-refractivity contribution in [3.63, 3.8) is 0 Å². The number of rotatable bonds is 3. The highest BCUT2D eigenvalue weighted by Crippen LogP contribution is 2.47. The Morgan fingerprint density at radius 1 is 0.933 bits per heavy atom. The van der Waals surface area contributed by atoms with Gasteiger partial charge >= 0.3 is 0 Å². The van der Waals surface area contributed by atoms with E-state index >= 15 is 0 Å². The average Bonchev–Trinajstić information content (AvgIpc) is 3.12. The van der Waals surface area contributed by atoms with E-state index in [1.807, 2.05) is 0 Å². The second-order valence-electron chi connectivity index (χ2n) is 8.73. The van der Waals surface area contributed by atoms with Crippen LogP contribution in [0.5, 0.6) is 11.5 Å². The summed E-state index contributed by atoms with van der Waals surface area (Å²) in [7, 11) is 0. The Kier molecular flexibility index (Phi) is 4.31. The van der Waals surface area contributed by atoms with Gasteiger partial charge in [-0.1, -0.05) is 55.5 Å². The van der Waals surface area contributed by atoms with E-state index in [1.165, 1.54) is 40.8 Å². The standard InChI is InChI=1S/C27H27NO2/c1-2-28-14-13-18-17-29-26-12-11-19(15-24(26)25(18)16-28)30-27-22-9-5-3-7-20(22)21-8-4-6-10-23(21)27/h3-12,15,18,25,27H,2,13-14,16-17H2,1H3/t18-,25-/m0/s1. The lowest BCUT2D eigenvalue weighted by atomic mass is 9.79. The molecular formula is C27H27NO2. The van der Waals surface area contributed by atoms with Crippen molar-refractivity contribution in [3.05, 3.63) is 83.4 Å². The van der Waals surface area contributed by atoms with Crippen LogP contribution in [0.15, 0.2) is 66.7 Å².